The first-order valence-electron chi connectivity index (χ1n) is 8.78. The summed E-state index contributed by atoms with van der Waals surface area (Å²) in [5.41, 5.74) is 1.94. The van der Waals surface area contributed by atoms with E-state index >= 15 is 0 Å². The molecule has 0 saturated heterocycles. The van der Waals surface area contributed by atoms with Crippen LogP contribution in [0.5, 0.6) is 0 Å². The van der Waals surface area contributed by atoms with Crippen LogP contribution in [0.25, 0.3) is 21.5 Å². The number of ether oxygens (including phenoxy) is 1. The topological polar surface area (TPSA) is 81.4 Å². The lowest BCUT2D eigenvalue weighted by Gasteiger charge is -2.00. The fraction of sp³-hybridized carbons (Fsp3) is 0.0952. The van der Waals surface area contributed by atoms with Crippen molar-refractivity contribution in [3.05, 3.63) is 70.9 Å². The molecule has 0 aliphatic rings. The zero-order valence-electron chi connectivity index (χ0n) is 15.3. The van der Waals surface area contributed by atoms with Crippen LogP contribution in [0.1, 0.15) is 27.8 Å². The number of halogens is 1. The number of furan rings is 1. The number of anilines is 1. The Bertz CT molecular complexity index is 1200. The molecule has 0 saturated carbocycles. The predicted molar refractivity (Wildman–Crippen MR) is 113 cm³/mol. The molecular weight excluding hydrogens is 412 g/mol. The van der Waals surface area contributed by atoms with Crippen molar-refractivity contribution in [2.45, 2.75) is 6.92 Å². The van der Waals surface area contributed by atoms with Crippen LogP contribution in [0, 0.1) is 0 Å². The Morgan fingerprint density at radius 3 is 2.69 bits per heavy atom. The third kappa shape index (κ3) is 4.16. The molecule has 0 aliphatic heterocycles. The molecule has 2 aromatic heterocycles. The van der Waals surface area contributed by atoms with Crippen LogP contribution in [0.2, 0.25) is 5.02 Å². The molecule has 0 spiro atoms. The average molecular weight is 427 g/mol. The van der Waals surface area contributed by atoms with Crippen LogP contribution in [0.4, 0.5) is 5.13 Å². The lowest BCUT2D eigenvalue weighted by molar-refractivity contribution is 0.0526. The maximum absolute atomic E-state index is 12.5. The summed E-state index contributed by atoms with van der Waals surface area (Å²) in [6.07, 6.45) is 0. The number of hydrogen-bond donors (Lipinski definition) is 1. The van der Waals surface area contributed by atoms with Gasteiger partial charge in [0.1, 0.15) is 5.76 Å². The average Bonchev–Trinajstić information content (AvgIpc) is 3.35. The third-order valence-electron chi connectivity index (χ3n) is 4.08. The highest BCUT2D eigenvalue weighted by Crippen LogP contribution is 2.28. The Hall–Kier alpha value is -3.16. The standard InChI is InChI=1S/C21H15ClN2O4S/c1-2-27-20(26)13-5-8-15-18(11-13)29-21(23-15)24-19(25)17-10-9-16(28-17)12-3-6-14(22)7-4-12/h3-11H,2H2,1H3,(H,23,24,25). The molecule has 0 unspecified atom stereocenters. The third-order valence-corrected chi connectivity index (χ3v) is 5.26. The van der Waals surface area contributed by atoms with Gasteiger partial charge in [-0.3, -0.25) is 10.1 Å². The normalized spacial score (nSPS) is 10.8. The molecule has 2 aromatic carbocycles. The van der Waals surface area contributed by atoms with Crippen LogP contribution in [-0.2, 0) is 4.74 Å². The molecule has 8 heteroatoms. The summed E-state index contributed by atoms with van der Waals surface area (Å²) in [6, 6.07) is 15.5. The molecule has 146 valence electrons. The molecule has 4 aromatic rings. The largest absolute Gasteiger partial charge is 0.462 e. The van der Waals surface area contributed by atoms with E-state index in [4.69, 9.17) is 20.8 Å². The minimum atomic E-state index is -0.408. The molecule has 2 heterocycles. The molecule has 6 nitrogen and oxygen atoms in total. The Morgan fingerprint density at radius 2 is 1.93 bits per heavy atom. The smallest absolute Gasteiger partial charge is 0.338 e. The number of nitrogens with one attached hydrogen (secondary N) is 1. The van der Waals surface area contributed by atoms with Gasteiger partial charge in [0, 0.05) is 10.6 Å². The van der Waals surface area contributed by atoms with Gasteiger partial charge in [-0.15, -0.1) is 0 Å². The number of aromatic nitrogens is 1. The summed E-state index contributed by atoms with van der Waals surface area (Å²) < 4.78 is 11.4. The highest BCUT2D eigenvalue weighted by molar-refractivity contribution is 7.22. The van der Waals surface area contributed by atoms with E-state index in [1.807, 2.05) is 12.1 Å². The van der Waals surface area contributed by atoms with Gasteiger partial charge < -0.3 is 9.15 Å². The van der Waals surface area contributed by atoms with Gasteiger partial charge in [0.05, 0.1) is 22.4 Å². The van der Waals surface area contributed by atoms with Crippen molar-refractivity contribution in [3.63, 3.8) is 0 Å². The molecule has 0 bridgehead atoms. The molecule has 0 fully saturated rings. The van der Waals surface area contributed by atoms with Gasteiger partial charge in [0.2, 0.25) is 0 Å². The summed E-state index contributed by atoms with van der Waals surface area (Å²) in [7, 11) is 0. The van der Waals surface area contributed by atoms with E-state index in [0.717, 1.165) is 10.3 Å². The summed E-state index contributed by atoms with van der Waals surface area (Å²) in [4.78, 5) is 28.8. The number of rotatable bonds is 5. The van der Waals surface area contributed by atoms with E-state index in [1.165, 1.54) is 11.3 Å². The van der Waals surface area contributed by atoms with Gasteiger partial charge in [-0.05, 0) is 61.5 Å². The Labute approximate surface area is 175 Å². The molecule has 29 heavy (non-hydrogen) atoms. The summed E-state index contributed by atoms with van der Waals surface area (Å²) in [6.45, 7) is 2.06. The maximum Gasteiger partial charge on any atom is 0.338 e. The minimum Gasteiger partial charge on any atom is -0.462 e. The van der Waals surface area contributed by atoms with Crippen molar-refractivity contribution >= 4 is 50.2 Å². The number of thiazole rings is 1. The van der Waals surface area contributed by atoms with Crippen molar-refractivity contribution in [1.29, 1.82) is 0 Å². The van der Waals surface area contributed by atoms with Crippen molar-refractivity contribution in [3.8, 4) is 11.3 Å². The van der Waals surface area contributed by atoms with E-state index in [0.29, 0.717) is 33.6 Å². The molecule has 0 aliphatic carbocycles. The second-order valence-corrected chi connectivity index (χ2v) is 7.51. The van der Waals surface area contributed by atoms with Gasteiger partial charge in [-0.25, -0.2) is 9.78 Å². The van der Waals surface area contributed by atoms with Crippen LogP contribution in [-0.4, -0.2) is 23.5 Å². The zero-order chi connectivity index (χ0) is 20.4. The van der Waals surface area contributed by atoms with Gasteiger partial charge in [-0.1, -0.05) is 22.9 Å². The second kappa shape index (κ2) is 8.06. The minimum absolute atomic E-state index is 0.168. The highest BCUT2D eigenvalue weighted by atomic mass is 35.5. The zero-order valence-corrected chi connectivity index (χ0v) is 16.8. The van der Waals surface area contributed by atoms with Crippen molar-refractivity contribution < 1.29 is 18.7 Å². The van der Waals surface area contributed by atoms with E-state index in [2.05, 4.69) is 10.3 Å². The first-order chi connectivity index (χ1) is 14.0. The van der Waals surface area contributed by atoms with Crippen LogP contribution in [0.3, 0.4) is 0 Å². The lowest BCUT2D eigenvalue weighted by Crippen LogP contribution is -2.10. The fourth-order valence-electron chi connectivity index (χ4n) is 2.71. The first kappa shape index (κ1) is 19.2. The summed E-state index contributed by atoms with van der Waals surface area (Å²) in [5, 5.41) is 3.77. The monoisotopic (exact) mass is 426 g/mol. The number of fused-ring (bicyclic) bond motifs is 1. The quantitative estimate of drug-likeness (QED) is 0.418. The van der Waals surface area contributed by atoms with Gasteiger partial charge >= 0.3 is 5.97 Å². The molecule has 1 N–H and O–H groups in total. The number of esters is 1. The van der Waals surface area contributed by atoms with Gasteiger partial charge in [0.25, 0.3) is 5.91 Å². The van der Waals surface area contributed by atoms with Crippen LogP contribution < -0.4 is 5.32 Å². The summed E-state index contributed by atoms with van der Waals surface area (Å²) >= 11 is 7.16. The molecule has 0 atom stereocenters. The Balaban J connectivity index is 1.51. The number of hydrogen-bond acceptors (Lipinski definition) is 6. The number of benzene rings is 2. The van der Waals surface area contributed by atoms with Crippen LogP contribution >= 0.6 is 22.9 Å². The highest BCUT2D eigenvalue weighted by Gasteiger charge is 2.16. The van der Waals surface area contributed by atoms with Gasteiger partial charge in [0.15, 0.2) is 10.9 Å². The van der Waals surface area contributed by atoms with E-state index < -0.39 is 11.9 Å². The maximum atomic E-state index is 12.5. The van der Waals surface area contributed by atoms with E-state index in [9.17, 15) is 9.59 Å². The second-order valence-electron chi connectivity index (χ2n) is 6.05. The Kier molecular flexibility index (Phi) is 5.33. The van der Waals surface area contributed by atoms with Crippen molar-refractivity contribution in [2.24, 2.45) is 0 Å². The molecule has 1 amide bonds. The molecule has 4 rings (SSSR count). The number of carbonyl (C=O) groups excluding carboxylic acids is 2. The summed E-state index contributed by atoms with van der Waals surface area (Å²) in [5.74, 6) is -0.0646. The number of carbonyl (C=O) groups is 2. The van der Waals surface area contributed by atoms with Crippen molar-refractivity contribution in [1.82, 2.24) is 4.98 Å². The van der Waals surface area contributed by atoms with Crippen LogP contribution in [0.15, 0.2) is 59.0 Å². The predicted octanol–water partition coefficient (Wildman–Crippen LogP) is 5.64. The Morgan fingerprint density at radius 1 is 1.14 bits per heavy atom. The lowest BCUT2D eigenvalue weighted by atomic mass is 10.2. The molecular formula is C21H15ClN2O4S. The van der Waals surface area contributed by atoms with E-state index in [1.54, 1.807) is 49.4 Å². The number of amides is 1. The van der Waals surface area contributed by atoms with Gasteiger partial charge in [-0.2, -0.15) is 0 Å². The SMILES string of the molecule is CCOC(=O)c1ccc2nc(NC(=O)c3ccc(-c4ccc(Cl)cc4)o3)sc2c1. The first-order valence-corrected chi connectivity index (χ1v) is 9.98. The fourth-order valence-corrected chi connectivity index (χ4v) is 3.73. The van der Waals surface area contributed by atoms with E-state index in [-0.39, 0.29) is 5.76 Å². The van der Waals surface area contributed by atoms with Crippen molar-refractivity contribution in [2.75, 3.05) is 11.9 Å². The molecule has 0 radical (unpaired) electrons. The number of nitrogens with zero attached hydrogens (tertiary/aromatic N) is 1.